The average Bonchev–Trinajstić information content (AvgIpc) is 3.14. The SMILES string of the molecule is CN(C)CCN(N)/C=C(\N)CO.Fc1cnc2[nH]c(C#Cc3ccccc3)cc2c1. The van der Waals surface area contributed by atoms with Crippen molar-refractivity contribution in [3.63, 3.8) is 0 Å². The van der Waals surface area contributed by atoms with Crippen molar-refractivity contribution in [1.29, 1.82) is 0 Å². The molecule has 0 aliphatic rings. The summed E-state index contributed by atoms with van der Waals surface area (Å²) in [5.41, 5.74) is 8.04. The summed E-state index contributed by atoms with van der Waals surface area (Å²) >= 11 is 0. The van der Waals surface area contributed by atoms with Gasteiger partial charge < -0.3 is 25.7 Å². The number of aromatic nitrogens is 2. The molecular formula is C22H27FN6O. The van der Waals surface area contributed by atoms with Crippen molar-refractivity contribution in [2.75, 3.05) is 33.8 Å². The standard InChI is InChI=1S/C15H9FN2.C7H18N4O/c16-13-8-12-9-14(18-15(12)17-10-13)7-6-11-4-2-1-3-5-11;1-10(2)3-4-11(9)5-7(8)6-12/h1-5,8-10H,(H,17,18);5,12H,3-4,6,8-9H2,1-2H3/b;7-5-. The van der Waals surface area contributed by atoms with Crippen molar-refractivity contribution >= 4 is 11.0 Å². The van der Waals surface area contributed by atoms with Crippen LogP contribution in [0.5, 0.6) is 0 Å². The highest BCUT2D eigenvalue weighted by molar-refractivity contribution is 5.77. The minimum atomic E-state index is -0.343. The molecular weight excluding hydrogens is 383 g/mol. The van der Waals surface area contributed by atoms with Gasteiger partial charge in [-0.1, -0.05) is 24.1 Å². The van der Waals surface area contributed by atoms with Gasteiger partial charge in [0, 0.05) is 30.2 Å². The summed E-state index contributed by atoms with van der Waals surface area (Å²) in [5.74, 6) is 11.2. The molecule has 30 heavy (non-hydrogen) atoms. The number of aliphatic hydroxyl groups is 1. The fourth-order valence-corrected chi connectivity index (χ4v) is 2.35. The zero-order chi connectivity index (χ0) is 21.9. The van der Waals surface area contributed by atoms with Gasteiger partial charge in [0.15, 0.2) is 0 Å². The number of pyridine rings is 1. The second-order valence-electron chi connectivity index (χ2n) is 6.79. The molecule has 7 nitrogen and oxygen atoms in total. The Balaban J connectivity index is 0.000000235. The van der Waals surface area contributed by atoms with Crippen LogP contribution in [0.4, 0.5) is 4.39 Å². The molecule has 2 aromatic heterocycles. The highest BCUT2D eigenvalue weighted by Gasteiger charge is 2.01. The van der Waals surface area contributed by atoms with Crippen LogP contribution in [0.25, 0.3) is 11.0 Å². The van der Waals surface area contributed by atoms with Crippen molar-refractivity contribution in [2.45, 2.75) is 0 Å². The number of nitrogens with two attached hydrogens (primary N) is 2. The molecule has 0 fully saturated rings. The van der Waals surface area contributed by atoms with Crippen LogP contribution in [0.3, 0.4) is 0 Å². The Labute approximate surface area is 175 Å². The summed E-state index contributed by atoms with van der Waals surface area (Å²) in [5, 5.41) is 10.8. The molecule has 0 amide bonds. The van der Waals surface area contributed by atoms with Gasteiger partial charge in [0.1, 0.15) is 11.5 Å². The van der Waals surface area contributed by atoms with E-state index in [1.165, 1.54) is 23.5 Å². The number of hydrogen-bond acceptors (Lipinski definition) is 6. The molecule has 0 saturated heterocycles. The number of nitrogens with one attached hydrogen (secondary N) is 1. The molecule has 8 heteroatoms. The molecule has 158 valence electrons. The molecule has 2 heterocycles. The maximum absolute atomic E-state index is 13.0. The van der Waals surface area contributed by atoms with Gasteiger partial charge in [-0.25, -0.2) is 15.2 Å². The highest BCUT2D eigenvalue weighted by atomic mass is 19.1. The van der Waals surface area contributed by atoms with Crippen molar-refractivity contribution in [3.8, 4) is 11.8 Å². The van der Waals surface area contributed by atoms with E-state index in [0.717, 1.165) is 23.2 Å². The van der Waals surface area contributed by atoms with Gasteiger partial charge in [-0.2, -0.15) is 0 Å². The summed E-state index contributed by atoms with van der Waals surface area (Å²) in [6, 6.07) is 12.9. The molecule has 0 unspecified atom stereocenters. The number of hydrazine groups is 1. The van der Waals surface area contributed by atoms with E-state index < -0.39 is 0 Å². The number of fused-ring (bicyclic) bond motifs is 1. The van der Waals surface area contributed by atoms with E-state index in [9.17, 15) is 4.39 Å². The molecule has 0 atom stereocenters. The predicted octanol–water partition coefficient (Wildman–Crippen LogP) is 1.62. The van der Waals surface area contributed by atoms with Crippen molar-refractivity contribution in [2.24, 2.45) is 11.6 Å². The van der Waals surface area contributed by atoms with Gasteiger partial charge in [0.2, 0.25) is 0 Å². The van der Waals surface area contributed by atoms with Gasteiger partial charge >= 0.3 is 0 Å². The summed E-state index contributed by atoms with van der Waals surface area (Å²) in [4.78, 5) is 9.02. The topological polar surface area (TPSA) is 107 Å². The first-order valence-electron chi connectivity index (χ1n) is 9.32. The molecule has 1 aromatic carbocycles. The second kappa shape index (κ2) is 11.6. The lowest BCUT2D eigenvalue weighted by Gasteiger charge is -2.17. The highest BCUT2D eigenvalue weighted by Crippen LogP contribution is 2.13. The number of rotatable bonds is 5. The molecule has 0 radical (unpaired) electrons. The summed E-state index contributed by atoms with van der Waals surface area (Å²) in [7, 11) is 3.93. The van der Waals surface area contributed by atoms with Crippen LogP contribution in [0.15, 0.2) is 60.6 Å². The molecule has 3 aromatic rings. The van der Waals surface area contributed by atoms with Crippen molar-refractivity contribution in [3.05, 3.63) is 77.6 Å². The van der Waals surface area contributed by atoms with E-state index >= 15 is 0 Å². The van der Waals surface area contributed by atoms with Crippen LogP contribution in [0.2, 0.25) is 0 Å². The molecule has 0 aliphatic carbocycles. The molecule has 0 aliphatic heterocycles. The first kappa shape index (κ1) is 22.9. The number of aromatic amines is 1. The Morgan fingerprint density at radius 3 is 2.60 bits per heavy atom. The van der Waals surface area contributed by atoms with Gasteiger partial charge in [-0.3, -0.25) is 0 Å². The van der Waals surface area contributed by atoms with Crippen molar-refractivity contribution < 1.29 is 9.50 Å². The third-order valence-corrected chi connectivity index (χ3v) is 3.87. The van der Waals surface area contributed by atoms with Crippen LogP contribution >= 0.6 is 0 Å². The maximum atomic E-state index is 13.0. The fraction of sp³-hybridized carbons (Fsp3) is 0.227. The second-order valence-corrected chi connectivity index (χ2v) is 6.79. The first-order chi connectivity index (χ1) is 14.4. The van der Waals surface area contributed by atoms with E-state index in [4.69, 9.17) is 16.7 Å². The number of halogens is 1. The molecule has 0 spiro atoms. The van der Waals surface area contributed by atoms with Gasteiger partial charge in [-0.15, -0.1) is 0 Å². The lowest BCUT2D eigenvalue weighted by Crippen LogP contribution is -2.33. The van der Waals surface area contributed by atoms with Crippen LogP contribution in [0, 0.1) is 17.7 Å². The zero-order valence-electron chi connectivity index (χ0n) is 17.1. The van der Waals surface area contributed by atoms with E-state index in [1.54, 1.807) is 6.07 Å². The number of aliphatic hydroxyl groups excluding tert-OH is 1. The Morgan fingerprint density at radius 1 is 1.20 bits per heavy atom. The molecule has 0 saturated carbocycles. The van der Waals surface area contributed by atoms with E-state index in [-0.39, 0.29) is 12.4 Å². The molecule has 3 rings (SSSR count). The first-order valence-corrected chi connectivity index (χ1v) is 9.32. The lowest BCUT2D eigenvalue weighted by atomic mass is 10.2. The quantitative estimate of drug-likeness (QED) is 0.289. The Hall–Kier alpha value is -3.38. The normalized spacial score (nSPS) is 10.9. The minimum absolute atomic E-state index is 0.157. The van der Waals surface area contributed by atoms with Crippen molar-refractivity contribution in [1.82, 2.24) is 19.9 Å². The van der Waals surface area contributed by atoms with E-state index in [1.807, 2.05) is 49.3 Å². The smallest absolute Gasteiger partial charge is 0.142 e. The Bertz CT molecular complexity index is 1020. The van der Waals surface area contributed by atoms with Crippen LogP contribution < -0.4 is 11.6 Å². The van der Waals surface area contributed by atoms with Crippen LogP contribution in [-0.2, 0) is 0 Å². The summed E-state index contributed by atoms with van der Waals surface area (Å²) < 4.78 is 13.0. The minimum Gasteiger partial charge on any atom is -0.399 e. The summed E-state index contributed by atoms with van der Waals surface area (Å²) in [6.45, 7) is 1.38. The predicted molar refractivity (Wildman–Crippen MR) is 117 cm³/mol. The monoisotopic (exact) mass is 410 g/mol. The zero-order valence-corrected chi connectivity index (χ0v) is 17.1. The third-order valence-electron chi connectivity index (χ3n) is 3.87. The Morgan fingerprint density at radius 2 is 1.93 bits per heavy atom. The number of H-pyrrole nitrogens is 1. The van der Waals surface area contributed by atoms with Gasteiger partial charge in [-0.05, 0) is 44.3 Å². The summed E-state index contributed by atoms with van der Waals surface area (Å²) in [6.07, 6.45) is 2.72. The number of benzene rings is 1. The van der Waals surface area contributed by atoms with Gasteiger partial charge in [0.05, 0.1) is 24.2 Å². The largest absolute Gasteiger partial charge is 0.399 e. The van der Waals surface area contributed by atoms with Crippen LogP contribution in [-0.4, -0.2) is 58.8 Å². The maximum Gasteiger partial charge on any atom is 0.142 e. The van der Waals surface area contributed by atoms with Gasteiger partial charge in [0.25, 0.3) is 0 Å². The Kier molecular flexibility index (Phi) is 8.84. The molecule has 0 bridgehead atoms. The number of likely N-dealkylation sites (N-methyl/N-ethyl adjacent to an activating group) is 1. The van der Waals surface area contributed by atoms with E-state index in [2.05, 4.69) is 21.8 Å². The van der Waals surface area contributed by atoms with Crippen LogP contribution in [0.1, 0.15) is 11.3 Å². The number of nitrogens with zero attached hydrogens (tertiary/aromatic N) is 3. The lowest BCUT2D eigenvalue weighted by molar-refractivity contribution is 0.299. The molecule has 6 N–H and O–H groups in total. The average molecular weight is 410 g/mol. The fourth-order valence-electron chi connectivity index (χ4n) is 2.35. The van der Waals surface area contributed by atoms with E-state index in [0.29, 0.717) is 17.9 Å². The third kappa shape index (κ3) is 7.93. The number of hydrogen-bond donors (Lipinski definition) is 4.